The number of likely N-dealkylation sites (N-methyl/N-ethyl adjacent to an activating group) is 1. The number of aliphatic carboxylic acids is 1. The molecule has 2 N–H and O–H groups in total. The van der Waals surface area contributed by atoms with Crippen molar-refractivity contribution in [2.24, 2.45) is 0 Å². The number of nitrogens with one attached hydrogen (secondary N) is 1. The van der Waals surface area contributed by atoms with Gasteiger partial charge in [-0.15, -0.1) is 11.3 Å². The van der Waals surface area contributed by atoms with E-state index in [1.165, 1.54) is 16.9 Å². The Morgan fingerprint density at radius 3 is 2.63 bits per heavy atom. The number of amides is 1. The van der Waals surface area contributed by atoms with Crippen LogP contribution >= 0.6 is 11.3 Å². The fourth-order valence-corrected chi connectivity index (χ4v) is 4.44. The Morgan fingerprint density at radius 2 is 2.00 bits per heavy atom. The number of carbonyl (C=O) groups excluding carboxylic acids is 1. The molecule has 1 amide bonds. The summed E-state index contributed by atoms with van der Waals surface area (Å²) < 4.78 is 0. The number of aryl methyl sites for hydroxylation is 1. The molecule has 0 bridgehead atoms. The highest BCUT2D eigenvalue weighted by atomic mass is 32.1. The fraction of sp³-hybridized carbons (Fsp3) is 0.450. The minimum Gasteiger partial charge on any atom is -0.480 e. The third-order valence-corrected chi connectivity index (χ3v) is 6.11. The van der Waals surface area contributed by atoms with Crippen molar-refractivity contribution >= 4 is 23.2 Å². The lowest BCUT2D eigenvalue weighted by Gasteiger charge is -2.42. The third-order valence-electron chi connectivity index (χ3n) is 4.95. The van der Waals surface area contributed by atoms with Crippen molar-refractivity contribution < 1.29 is 14.7 Å². The highest BCUT2D eigenvalue weighted by molar-refractivity contribution is 7.13. The van der Waals surface area contributed by atoms with E-state index in [1.54, 1.807) is 0 Å². The van der Waals surface area contributed by atoms with Gasteiger partial charge in [0.05, 0.1) is 17.2 Å². The van der Waals surface area contributed by atoms with E-state index in [0.29, 0.717) is 11.4 Å². The Kier molecular flexibility index (Phi) is 6.23. The molecule has 1 aliphatic carbocycles. The summed E-state index contributed by atoms with van der Waals surface area (Å²) in [5.74, 6) is -0.885. The van der Waals surface area contributed by atoms with Crippen molar-refractivity contribution in [3.63, 3.8) is 0 Å². The molecule has 6 nitrogen and oxygen atoms in total. The van der Waals surface area contributed by atoms with Crippen LogP contribution in [0.2, 0.25) is 0 Å². The Hall–Kier alpha value is -2.25. The molecule has 1 aromatic carbocycles. The van der Waals surface area contributed by atoms with E-state index in [2.05, 4.69) is 22.4 Å². The maximum Gasteiger partial charge on any atom is 0.317 e. The predicted octanol–water partition coefficient (Wildman–Crippen LogP) is 2.71. The zero-order valence-electron chi connectivity index (χ0n) is 15.6. The maximum absolute atomic E-state index is 12.6. The molecule has 0 spiro atoms. The van der Waals surface area contributed by atoms with Crippen LogP contribution in [0, 0.1) is 6.92 Å². The molecule has 1 heterocycles. The minimum atomic E-state index is -0.810. The number of aromatic nitrogens is 1. The van der Waals surface area contributed by atoms with Crippen molar-refractivity contribution in [1.29, 1.82) is 0 Å². The molecule has 1 aromatic heterocycles. The first-order chi connectivity index (χ1) is 13.0. The van der Waals surface area contributed by atoms with Gasteiger partial charge in [0.25, 0.3) is 5.91 Å². The lowest BCUT2D eigenvalue weighted by Crippen LogP contribution is -2.54. The molecule has 2 aromatic rings. The second-order valence-electron chi connectivity index (χ2n) is 6.94. The van der Waals surface area contributed by atoms with E-state index in [4.69, 9.17) is 5.11 Å². The average molecular weight is 388 g/mol. The molecule has 0 saturated heterocycles. The highest BCUT2D eigenvalue weighted by Crippen LogP contribution is 2.27. The summed E-state index contributed by atoms with van der Waals surface area (Å²) >= 11 is 1.45. The predicted molar refractivity (Wildman–Crippen MR) is 105 cm³/mol. The number of nitrogens with zero attached hydrogens (tertiary/aromatic N) is 2. The van der Waals surface area contributed by atoms with Crippen LogP contribution in [-0.4, -0.2) is 52.0 Å². The van der Waals surface area contributed by atoms with E-state index >= 15 is 0 Å². The second-order valence-corrected chi connectivity index (χ2v) is 8.02. The van der Waals surface area contributed by atoms with Crippen LogP contribution in [0.1, 0.15) is 45.7 Å². The van der Waals surface area contributed by atoms with Crippen molar-refractivity contribution in [2.45, 2.75) is 45.2 Å². The van der Waals surface area contributed by atoms with Crippen molar-refractivity contribution in [1.82, 2.24) is 15.2 Å². The lowest BCUT2D eigenvalue weighted by molar-refractivity contribution is -0.139. The average Bonchev–Trinajstić information content (AvgIpc) is 2.97. The summed E-state index contributed by atoms with van der Waals surface area (Å²) in [6.45, 7) is 4.59. The molecule has 0 radical (unpaired) electrons. The van der Waals surface area contributed by atoms with Gasteiger partial charge in [-0.05, 0) is 31.9 Å². The Morgan fingerprint density at radius 1 is 1.30 bits per heavy atom. The molecule has 144 valence electrons. The Bertz CT molecular complexity index is 800. The second kappa shape index (κ2) is 8.63. The molecule has 27 heavy (non-hydrogen) atoms. The fourth-order valence-electron chi connectivity index (χ4n) is 3.44. The van der Waals surface area contributed by atoms with Crippen LogP contribution < -0.4 is 5.32 Å². The molecule has 1 aliphatic rings. The summed E-state index contributed by atoms with van der Waals surface area (Å²) in [5, 5.41) is 13.0. The number of thiazole rings is 1. The van der Waals surface area contributed by atoms with Gasteiger partial charge in [0.2, 0.25) is 0 Å². The van der Waals surface area contributed by atoms with Crippen molar-refractivity contribution in [3.05, 3.63) is 51.5 Å². The number of carboxylic acid groups (broad SMARTS) is 1. The monoisotopic (exact) mass is 387 g/mol. The Labute approximate surface area is 163 Å². The van der Waals surface area contributed by atoms with Crippen molar-refractivity contribution in [3.8, 4) is 0 Å². The summed E-state index contributed by atoms with van der Waals surface area (Å²) in [7, 11) is 0. The Balaban J connectivity index is 1.54. The molecular weight excluding hydrogens is 362 g/mol. The van der Waals surface area contributed by atoms with Crippen molar-refractivity contribution in [2.75, 3.05) is 13.1 Å². The van der Waals surface area contributed by atoms with Gasteiger partial charge in [-0.3, -0.25) is 14.5 Å². The standard InChI is InChI=1S/C20H25N3O3S/c1-3-23(12-18(24)25)16-10-15(11-16)22-20(26)19-13(2)21-17(27-19)9-14-7-5-4-6-8-14/h4-8,15-16H,3,9-12H2,1-2H3,(H,22,26)(H,24,25). The SMILES string of the molecule is CCN(CC(=O)O)C1CC(NC(=O)c2sc(Cc3ccccc3)nc2C)C1. The summed E-state index contributed by atoms with van der Waals surface area (Å²) in [5.41, 5.74) is 1.94. The van der Waals surface area contributed by atoms with Crippen LogP contribution in [-0.2, 0) is 11.2 Å². The molecule has 3 rings (SSSR count). The quantitative estimate of drug-likeness (QED) is 0.728. The molecule has 1 fully saturated rings. The van der Waals surface area contributed by atoms with Crippen LogP contribution in [0.5, 0.6) is 0 Å². The van der Waals surface area contributed by atoms with Gasteiger partial charge in [-0.25, -0.2) is 4.98 Å². The van der Waals surface area contributed by atoms with Gasteiger partial charge in [0.15, 0.2) is 0 Å². The number of carbonyl (C=O) groups is 2. The van der Waals surface area contributed by atoms with Gasteiger partial charge >= 0.3 is 5.97 Å². The van der Waals surface area contributed by atoms with E-state index in [0.717, 1.165) is 30.0 Å². The third kappa shape index (κ3) is 4.93. The van der Waals surface area contributed by atoms with Gasteiger partial charge in [0, 0.05) is 18.5 Å². The number of hydrogen-bond donors (Lipinski definition) is 2. The summed E-state index contributed by atoms with van der Waals surface area (Å²) in [4.78, 5) is 30.7. The molecule has 7 heteroatoms. The van der Waals surface area contributed by atoms with E-state index < -0.39 is 5.97 Å². The topological polar surface area (TPSA) is 82.5 Å². The largest absolute Gasteiger partial charge is 0.480 e. The van der Waals surface area contributed by atoms with Crippen LogP contribution in [0.3, 0.4) is 0 Å². The zero-order valence-corrected chi connectivity index (χ0v) is 16.5. The number of benzene rings is 1. The lowest BCUT2D eigenvalue weighted by atomic mass is 9.85. The number of hydrogen-bond acceptors (Lipinski definition) is 5. The van der Waals surface area contributed by atoms with Gasteiger partial charge in [-0.1, -0.05) is 37.3 Å². The maximum atomic E-state index is 12.6. The summed E-state index contributed by atoms with van der Waals surface area (Å²) in [6, 6.07) is 10.4. The van der Waals surface area contributed by atoms with Gasteiger partial charge in [-0.2, -0.15) is 0 Å². The van der Waals surface area contributed by atoms with Crippen LogP contribution in [0.4, 0.5) is 0 Å². The van der Waals surface area contributed by atoms with Crippen LogP contribution in [0.25, 0.3) is 0 Å². The highest BCUT2D eigenvalue weighted by Gasteiger charge is 2.35. The zero-order chi connectivity index (χ0) is 19.4. The molecule has 0 aliphatic heterocycles. The first-order valence-corrected chi connectivity index (χ1v) is 10.0. The van der Waals surface area contributed by atoms with Gasteiger partial charge in [0.1, 0.15) is 4.88 Å². The number of rotatable bonds is 8. The minimum absolute atomic E-state index is 0.0542. The van der Waals surface area contributed by atoms with Gasteiger partial charge < -0.3 is 10.4 Å². The smallest absolute Gasteiger partial charge is 0.317 e. The first-order valence-electron chi connectivity index (χ1n) is 9.23. The number of carboxylic acids is 1. The van der Waals surface area contributed by atoms with E-state index in [9.17, 15) is 9.59 Å². The molecule has 0 atom stereocenters. The normalized spacial score (nSPS) is 18.9. The first kappa shape index (κ1) is 19.5. The van der Waals surface area contributed by atoms with Crippen LogP contribution in [0.15, 0.2) is 30.3 Å². The van der Waals surface area contributed by atoms with E-state index in [1.807, 2.05) is 36.9 Å². The molecule has 0 unspecified atom stereocenters. The summed E-state index contributed by atoms with van der Waals surface area (Å²) in [6.07, 6.45) is 2.31. The van der Waals surface area contributed by atoms with E-state index in [-0.39, 0.29) is 24.5 Å². The molecular formula is C20H25N3O3S. The molecule has 1 saturated carbocycles.